The summed E-state index contributed by atoms with van der Waals surface area (Å²) in [7, 11) is 0. The summed E-state index contributed by atoms with van der Waals surface area (Å²) in [5.41, 5.74) is 2.11. The van der Waals surface area contributed by atoms with Crippen LogP contribution in [0, 0.1) is 0 Å². The third kappa shape index (κ3) is 3.49. The van der Waals surface area contributed by atoms with E-state index in [0.29, 0.717) is 29.0 Å². The van der Waals surface area contributed by atoms with Crippen LogP contribution in [0.15, 0.2) is 61.2 Å². The fourth-order valence-electron chi connectivity index (χ4n) is 2.86. The van der Waals surface area contributed by atoms with Crippen LogP contribution in [-0.2, 0) is 4.79 Å². The molecule has 0 bridgehead atoms. The fourth-order valence-corrected chi connectivity index (χ4v) is 2.86. The van der Waals surface area contributed by atoms with Gasteiger partial charge in [0.25, 0.3) is 11.8 Å². The van der Waals surface area contributed by atoms with Gasteiger partial charge >= 0.3 is 0 Å². The van der Waals surface area contributed by atoms with Gasteiger partial charge in [0.1, 0.15) is 0 Å². The molecule has 0 aliphatic carbocycles. The summed E-state index contributed by atoms with van der Waals surface area (Å²) in [5, 5.41) is 5.52. The largest absolute Gasteiger partial charge is 0.348 e. The van der Waals surface area contributed by atoms with Crippen molar-refractivity contribution in [1.82, 2.24) is 5.32 Å². The van der Waals surface area contributed by atoms with Crippen molar-refractivity contribution >= 4 is 29.1 Å². The second kappa shape index (κ2) is 7.23. The van der Waals surface area contributed by atoms with Crippen LogP contribution >= 0.6 is 0 Å². The molecule has 1 aliphatic heterocycles. The smallest absolute Gasteiger partial charge is 0.258 e. The number of fused-ring (bicyclic) bond motifs is 1. The molecule has 0 saturated carbocycles. The number of carbonyl (C=O) groups excluding carboxylic acids is 3. The first kappa shape index (κ1) is 17.4. The molecule has 1 heterocycles. The SMILES string of the molecule is C=CC(=O)Nc1ccc(C(=O)N2CC(C)NC(=O)c3ccccc32)cc1. The molecule has 6 nitrogen and oxygen atoms in total. The van der Waals surface area contributed by atoms with Gasteiger partial charge in [0.15, 0.2) is 0 Å². The van der Waals surface area contributed by atoms with E-state index in [0.717, 1.165) is 0 Å². The van der Waals surface area contributed by atoms with Crippen LogP contribution in [-0.4, -0.2) is 30.3 Å². The predicted octanol–water partition coefficient (Wildman–Crippen LogP) is 2.59. The van der Waals surface area contributed by atoms with E-state index in [-0.39, 0.29) is 23.8 Å². The summed E-state index contributed by atoms with van der Waals surface area (Å²) in [4.78, 5) is 38.3. The van der Waals surface area contributed by atoms with E-state index in [2.05, 4.69) is 17.2 Å². The number of benzene rings is 2. The number of anilines is 2. The number of para-hydroxylation sites is 1. The average Bonchev–Trinajstić information content (AvgIpc) is 2.78. The third-order valence-electron chi connectivity index (χ3n) is 4.10. The Balaban J connectivity index is 1.91. The van der Waals surface area contributed by atoms with E-state index >= 15 is 0 Å². The standard InChI is InChI=1S/C20H19N3O3/c1-3-18(24)22-15-10-8-14(9-11-15)20(26)23-12-13(2)21-19(25)16-6-4-5-7-17(16)23/h3-11,13H,1,12H2,2H3,(H,21,25)(H,22,24). The van der Waals surface area contributed by atoms with Crippen LogP contribution in [0.25, 0.3) is 0 Å². The van der Waals surface area contributed by atoms with Crippen molar-refractivity contribution in [3.8, 4) is 0 Å². The second-order valence-electron chi connectivity index (χ2n) is 6.08. The monoisotopic (exact) mass is 349 g/mol. The maximum Gasteiger partial charge on any atom is 0.258 e. The van der Waals surface area contributed by atoms with Crippen molar-refractivity contribution in [3.05, 3.63) is 72.3 Å². The van der Waals surface area contributed by atoms with Crippen LogP contribution in [0.4, 0.5) is 11.4 Å². The quantitative estimate of drug-likeness (QED) is 0.836. The Morgan fingerprint density at radius 3 is 2.58 bits per heavy atom. The van der Waals surface area contributed by atoms with Crippen LogP contribution in [0.3, 0.4) is 0 Å². The maximum absolute atomic E-state index is 13.0. The van der Waals surface area contributed by atoms with Crippen molar-refractivity contribution in [1.29, 1.82) is 0 Å². The Morgan fingerprint density at radius 2 is 1.88 bits per heavy atom. The zero-order chi connectivity index (χ0) is 18.7. The highest BCUT2D eigenvalue weighted by molar-refractivity contribution is 6.11. The van der Waals surface area contributed by atoms with Gasteiger partial charge in [-0.2, -0.15) is 0 Å². The van der Waals surface area contributed by atoms with Crippen molar-refractivity contribution in [2.45, 2.75) is 13.0 Å². The van der Waals surface area contributed by atoms with Gasteiger partial charge in [-0.1, -0.05) is 18.7 Å². The molecule has 132 valence electrons. The lowest BCUT2D eigenvalue weighted by Gasteiger charge is -2.24. The summed E-state index contributed by atoms with van der Waals surface area (Å²) in [6.45, 7) is 5.63. The zero-order valence-corrected chi connectivity index (χ0v) is 14.4. The van der Waals surface area contributed by atoms with Crippen molar-refractivity contribution in [2.24, 2.45) is 0 Å². The topological polar surface area (TPSA) is 78.5 Å². The van der Waals surface area contributed by atoms with Gasteiger partial charge in [0, 0.05) is 23.8 Å². The van der Waals surface area contributed by atoms with Gasteiger partial charge in [0.05, 0.1) is 11.3 Å². The molecule has 6 heteroatoms. The van der Waals surface area contributed by atoms with E-state index in [9.17, 15) is 14.4 Å². The van der Waals surface area contributed by atoms with E-state index < -0.39 is 0 Å². The van der Waals surface area contributed by atoms with Gasteiger partial charge in [-0.3, -0.25) is 14.4 Å². The van der Waals surface area contributed by atoms with Crippen LogP contribution in [0.5, 0.6) is 0 Å². The van der Waals surface area contributed by atoms with Gasteiger partial charge < -0.3 is 15.5 Å². The Morgan fingerprint density at radius 1 is 1.19 bits per heavy atom. The number of nitrogens with zero attached hydrogens (tertiary/aromatic N) is 1. The first-order chi connectivity index (χ1) is 12.5. The van der Waals surface area contributed by atoms with Gasteiger partial charge in [0.2, 0.25) is 5.91 Å². The maximum atomic E-state index is 13.0. The summed E-state index contributed by atoms with van der Waals surface area (Å²) >= 11 is 0. The molecule has 2 aromatic rings. The molecule has 2 N–H and O–H groups in total. The molecular weight excluding hydrogens is 330 g/mol. The molecule has 3 rings (SSSR count). The highest BCUT2D eigenvalue weighted by Gasteiger charge is 2.28. The predicted molar refractivity (Wildman–Crippen MR) is 100 cm³/mol. The molecule has 1 atom stereocenters. The molecule has 1 unspecified atom stereocenters. The lowest BCUT2D eigenvalue weighted by Crippen LogP contribution is -2.41. The molecular formula is C20H19N3O3. The molecule has 0 spiro atoms. The molecule has 0 aromatic heterocycles. The number of amides is 3. The minimum atomic E-state index is -0.316. The molecule has 3 amide bonds. The summed E-state index contributed by atoms with van der Waals surface area (Å²) in [6.07, 6.45) is 1.18. The van der Waals surface area contributed by atoms with E-state index in [1.54, 1.807) is 53.4 Å². The molecule has 26 heavy (non-hydrogen) atoms. The number of rotatable bonds is 3. The number of hydrogen-bond acceptors (Lipinski definition) is 3. The van der Waals surface area contributed by atoms with E-state index in [1.165, 1.54) is 6.08 Å². The normalized spacial score (nSPS) is 16.1. The van der Waals surface area contributed by atoms with E-state index in [4.69, 9.17) is 0 Å². The van der Waals surface area contributed by atoms with Crippen LogP contribution < -0.4 is 15.5 Å². The molecule has 0 saturated heterocycles. The minimum absolute atomic E-state index is 0.176. The van der Waals surface area contributed by atoms with Crippen molar-refractivity contribution in [3.63, 3.8) is 0 Å². The van der Waals surface area contributed by atoms with Gasteiger partial charge in [-0.05, 0) is 49.4 Å². The number of hydrogen-bond donors (Lipinski definition) is 2. The Bertz CT molecular complexity index is 874. The highest BCUT2D eigenvalue weighted by Crippen LogP contribution is 2.25. The first-order valence-corrected chi connectivity index (χ1v) is 8.25. The summed E-state index contributed by atoms with van der Waals surface area (Å²) in [5.74, 6) is -0.711. The lowest BCUT2D eigenvalue weighted by atomic mass is 10.1. The molecule has 0 radical (unpaired) electrons. The van der Waals surface area contributed by atoms with Gasteiger partial charge in [-0.15, -0.1) is 0 Å². The Kier molecular flexibility index (Phi) is 4.84. The number of carbonyl (C=O) groups is 3. The first-order valence-electron chi connectivity index (χ1n) is 8.25. The minimum Gasteiger partial charge on any atom is -0.348 e. The average molecular weight is 349 g/mol. The summed E-state index contributed by atoms with van der Waals surface area (Å²) in [6, 6.07) is 13.5. The van der Waals surface area contributed by atoms with E-state index in [1.807, 2.05) is 6.92 Å². The Labute approximate surface area is 151 Å². The second-order valence-corrected chi connectivity index (χ2v) is 6.08. The van der Waals surface area contributed by atoms with Gasteiger partial charge in [-0.25, -0.2) is 0 Å². The fraction of sp³-hybridized carbons (Fsp3) is 0.150. The zero-order valence-electron chi connectivity index (χ0n) is 14.4. The third-order valence-corrected chi connectivity index (χ3v) is 4.10. The summed E-state index contributed by atoms with van der Waals surface area (Å²) < 4.78 is 0. The Hall–Kier alpha value is -3.41. The highest BCUT2D eigenvalue weighted by atomic mass is 16.2. The van der Waals surface area contributed by atoms with Crippen LogP contribution in [0.2, 0.25) is 0 Å². The van der Waals surface area contributed by atoms with Crippen molar-refractivity contribution in [2.75, 3.05) is 16.8 Å². The number of nitrogens with one attached hydrogen (secondary N) is 2. The molecule has 1 aliphatic rings. The lowest BCUT2D eigenvalue weighted by molar-refractivity contribution is -0.111. The van der Waals surface area contributed by atoms with Crippen molar-refractivity contribution < 1.29 is 14.4 Å². The van der Waals surface area contributed by atoms with Crippen LogP contribution in [0.1, 0.15) is 27.6 Å². The molecule has 0 fully saturated rings. The molecule has 2 aromatic carbocycles.